The maximum Gasteiger partial charge on any atom is 0.248 e. The maximum atomic E-state index is 12.2. The average molecular weight is 339 g/mol. The molecule has 2 N–H and O–H groups in total. The molecule has 5 heteroatoms. The van der Waals surface area contributed by atoms with Gasteiger partial charge in [-0.3, -0.25) is 4.79 Å². The van der Waals surface area contributed by atoms with E-state index < -0.39 is 0 Å². The van der Waals surface area contributed by atoms with Gasteiger partial charge in [0.2, 0.25) is 11.7 Å². The van der Waals surface area contributed by atoms with Gasteiger partial charge in [0.1, 0.15) is 0 Å². The lowest BCUT2D eigenvalue weighted by molar-refractivity contribution is -0.111. The quantitative estimate of drug-likeness (QED) is 0.818. The molecule has 0 heterocycles. The molecule has 0 atom stereocenters. The number of carbonyl (C=O) groups excluding carboxylic acids is 1. The second-order valence-electron chi connectivity index (χ2n) is 5.93. The Hall–Kier alpha value is -2.95. The van der Waals surface area contributed by atoms with Gasteiger partial charge in [0.25, 0.3) is 0 Å². The van der Waals surface area contributed by atoms with E-state index in [1.54, 1.807) is 18.2 Å². The van der Waals surface area contributed by atoms with E-state index in [0.29, 0.717) is 5.56 Å². The van der Waals surface area contributed by atoms with Gasteiger partial charge in [0.15, 0.2) is 11.5 Å². The number of phenolic OH excluding ortho intramolecular Hbond substituents is 1. The van der Waals surface area contributed by atoms with Crippen molar-refractivity contribution < 1.29 is 19.4 Å². The maximum absolute atomic E-state index is 12.2. The monoisotopic (exact) mass is 339 g/mol. The fourth-order valence-electron chi connectivity index (χ4n) is 3.02. The Bertz CT molecular complexity index is 801. The fourth-order valence-corrected chi connectivity index (χ4v) is 3.02. The number of amides is 1. The summed E-state index contributed by atoms with van der Waals surface area (Å²) in [7, 11) is 2.92. The first-order valence-electron chi connectivity index (χ1n) is 8.16. The van der Waals surface area contributed by atoms with E-state index in [1.807, 2.05) is 12.1 Å². The van der Waals surface area contributed by atoms with Crippen molar-refractivity contribution in [3.8, 4) is 17.2 Å². The zero-order valence-corrected chi connectivity index (χ0v) is 14.3. The van der Waals surface area contributed by atoms with Gasteiger partial charge in [-0.25, -0.2) is 0 Å². The molecule has 130 valence electrons. The first kappa shape index (κ1) is 16.9. The summed E-state index contributed by atoms with van der Waals surface area (Å²) in [6.07, 6.45) is 6.46. The van der Waals surface area contributed by atoms with Crippen molar-refractivity contribution in [2.45, 2.75) is 19.3 Å². The van der Waals surface area contributed by atoms with Crippen LogP contribution < -0.4 is 14.8 Å². The number of rotatable bonds is 5. The van der Waals surface area contributed by atoms with E-state index in [0.717, 1.165) is 18.5 Å². The van der Waals surface area contributed by atoms with E-state index in [9.17, 15) is 9.90 Å². The number of benzene rings is 2. The molecular weight excluding hydrogens is 318 g/mol. The van der Waals surface area contributed by atoms with Crippen molar-refractivity contribution in [2.75, 3.05) is 19.5 Å². The molecule has 2 aromatic rings. The number of fused-ring (bicyclic) bond motifs is 1. The first-order valence-corrected chi connectivity index (χ1v) is 8.16. The summed E-state index contributed by atoms with van der Waals surface area (Å²) < 4.78 is 10.2. The normalized spacial score (nSPS) is 12.9. The minimum Gasteiger partial charge on any atom is -0.502 e. The molecule has 0 radical (unpaired) electrons. The predicted octanol–water partition coefficient (Wildman–Crippen LogP) is 3.55. The highest BCUT2D eigenvalue weighted by atomic mass is 16.5. The number of aromatic hydroxyl groups is 1. The molecule has 0 unspecified atom stereocenters. The third-order valence-corrected chi connectivity index (χ3v) is 4.30. The third kappa shape index (κ3) is 3.76. The van der Waals surface area contributed by atoms with Gasteiger partial charge in [-0.05, 0) is 66.3 Å². The molecule has 1 amide bonds. The summed E-state index contributed by atoms with van der Waals surface area (Å²) in [5.41, 5.74) is 4.18. The number of phenols is 1. The molecule has 0 spiro atoms. The van der Waals surface area contributed by atoms with Gasteiger partial charge in [-0.2, -0.15) is 0 Å². The number of nitrogens with one attached hydrogen (secondary N) is 1. The van der Waals surface area contributed by atoms with Crippen molar-refractivity contribution in [3.63, 3.8) is 0 Å². The molecule has 5 nitrogen and oxygen atoms in total. The zero-order valence-electron chi connectivity index (χ0n) is 14.3. The van der Waals surface area contributed by atoms with E-state index in [1.165, 1.54) is 37.8 Å². The minimum absolute atomic E-state index is 0.0651. The lowest BCUT2D eigenvalue weighted by atomic mass is 10.1. The van der Waals surface area contributed by atoms with Crippen LogP contribution >= 0.6 is 0 Å². The van der Waals surface area contributed by atoms with E-state index in [4.69, 9.17) is 9.47 Å². The van der Waals surface area contributed by atoms with Crippen LogP contribution in [0.2, 0.25) is 0 Å². The molecule has 3 rings (SSSR count). The third-order valence-electron chi connectivity index (χ3n) is 4.30. The smallest absolute Gasteiger partial charge is 0.248 e. The molecule has 0 aromatic heterocycles. The average Bonchev–Trinajstić information content (AvgIpc) is 3.08. The molecule has 25 heavy (non-hydrogen) atoms. The molecule has 1 aliphatic rings. The zero-order chi connectivity index (χ0) is 17.8. The summed E-state index contributed by atoms with van der Waals surface area (Å²) >= 11 is 0. The van der Waals surface area contributed by atoms with Crippen LogP contribution in [0.5, 0.6) is 17.2 Å². The Morgan fingerprint density at radius 2 is 1.76 bits per heavy atom. The number of anilines is 1. The number of hydrogen-bond acceptors (Lipinski definition) is 4. The lowest BCUT2D eigenvalue weighted by Gasteiger charge is -2.09. The number of methoxy groups -OCH3 is 2. The van der Waals surface area contributed by atoms with Gasteiger partial charge in [-0.1, -0.05) is 6.07 Å². The van der Waals surface area contributed by atoms with Gasteiger partial charge < -0.3 is 19.9 Å². The Balaban J connectivity index is 1.72. The van der Waals surface area contributed by atoms with Gasteiger partial charge in [0, 0.05) is 11.8 Å². The van der Waals surface area contributed by atoms with Crippen LogP contribution in [0.15, 0.2) is 36.4 Å². The SMILES string of the molecule is COc1cc(/C=C/C(=O)Nc2ccc3c(c2)CCC3)cc(OC)c1O. The van der Waals surface area contributed by atoms with Crippen LogP contribution in [-0.4, -0.2) is 25.2 Å². The van der Waals surface area contributed by atoms with Crippen LogP contribution in [-0.2, 0) is 17.6 Å². The van der Waals surface area contributed by atoms with Crippen LogP contribution in [0, 0.1) is 0 Å². The Morgan fingerprint density at radius 3 is 2.44 bits per heavy atom. The molecule has 2 aromatic carbocycles. The number of ether oxygens (including phenoxy) is 2. The van der Waals surface area contributed by atoms with Crippen LogP contribution in [0.4, 0.5) is 5.69 Å². The highest BCUT2D eigenvalue weighted by molar-refractivity contribution is 6.02. The summed E-state index contributed by atoms with van der Waals surface area (Å²) in [6, 6.07) is 9.33. The number of hydrogen-bond donors (Lipinski definition) is 2. The molecule has 1 aliphatic carbocycles. The van der Waals surface area contributed by atoms with Crippen LogP contribution in [0.3, 0.4) is 0 Å². The molecule has 0 fully saturated rings. The Morgan fingerprint density at radius 1 is 1.08 bits per heavy atom. The van der Waals surface area contributed by atoms with Crippen molar-refractivity contribution >= 4 is 17.7 Å². The van der Waals surface area contributed by atoms with Crippen LogP contribution in [0.1, 0.15) is 23.1 Å². The van der Waals surface area contributed by atoms with E-state index in [-0.39, 0.29) is 23.2 Å². The molecule has 0 bridgehead atoms. The lowest BCUT2D eigenvalue weighted by Crippen LogP contribution is -2.08. The Kier molecular flexibility index (Phi) is 4.93. The standard InChI is InChI=1S/C20H21NO4/c1-24-17-10-13(11-18(25-2)20(17)23)6-9-19(22)21-16-8-7-14-4-3-5-15(14)12-16/h6-12,23H,3-5H2,1-2H3,(H,21,22)/b9-6+. The van der Waals surface area contributed by atoms with Gasteiger partial charge in [-0.15, -0.1) is 0 Å². The largest absolute Gasteiger partial charge is 0.502 e. The van der Waals surface area contributed by atoms with Gasteiger partial charge in [0.05, 0.1) is 14.2 Å². The molecule has 0 aliphatic heterocycles. The highest BCUT2D eigenvalue weighted by Gasteiger charge is 2.12. The second kappa shape index (κ2) is 7.30. The number of carbonyl (C=O) groups is 1. The van der Waals surface area contributed by atoms with Crippen molar-refractivity contribution in [3.05, 3.63) is 53.1 Å². The summed E-state index contributed by atoms with van der Waals surface area (Å²) in [4.78, 5) is 12.2. The fraction of sp³-hybridized carbons (Fsp3) is 0.250. The predicted molar refractivity (Wildman–Crippen MR) is 97.3 cm³/mol. The summed E-state index contributed by atoms with van der Waals surface area (Å²) in [5.74, 6) is 0.296. The second-order valence-corrected chi connectivity index (χ2v) is 5.93. The first-order chi connectivity index (χ1) is 12.1. The van der Waals surface area contributed by atoms with Gasteiger partial charge >= 0.3 is 0 Å². The van der Waals surface area contributed by atoms with E-state index in [2.05, 4.69) is 11.4 Å². The molecule has 0 saturated heterocycles. The van der Waals surface area contributed by atoms with Crippen molar-refractivity contribution in [2.24, 2.45) is 0 Å². The molecular formula is C20H21NO4. The minimum atomic E-state index is -0.219. The summed E-state index contributed by atoms with van der Waals surface area (Å²) in [5, 5.41) is 12.8. The van der Waals surface area contributed by atoms with Crippen LogP contribution in [0.25, 0.3) is 6.08 Å². The highest BCUT2D eigenvalue weighted by Crippen LogP contribution is 2.37. The van der Waals surface area contributed by atoms with E-state index >= 15 is 0 Å². The Labute approximate surface area is 146 Å². The molecule has 0 saturated carbocycles. The van der Waals surface area contributed by atoms with Crippen molar-refractivity contribution in [1.29, 1.82) is 0 Å². The topological polar surface area (TPSA) is 67.8 Å². The summed E-state index contributed by atoms with van der Waals surface area (Å²) in [6.45, 7) is 0. The van der Waals surface area contributed by atoms with Crippen molar-refractivity contribution in [1.82, 2.24) is 0 Å². The number of aryl methyl sites for hydroxylation is 2.